The number of esters is 1. The first-order chi connectivity index (χ1) is 12.8. The molecule has 4 aliphatic rings. The summed E-state index contributed by atoms with van der Waals surface area (Å²) in [7, 11) is 0. The standard InChI is InChI=1S/C22H28O5/c1-3-26-18-6-4-17(5-7-18)19(23)14(2)27-20(24)21-9-15-8-16(10-21)12-22(25,11-15)13-21/h4-7,14-16,25H,3,8-13H2,1-2H3/t14-,15+,16+,21?,22?/m0/s1. The summed E-state index contributed by atoms with van der Waals surface area (Å²) in [5, 5.41) is 10.8. The quantitative estimate of drug-likeness (QED) is 0.611. The van der Waals surface area contributed by atoms with Gasteiger partial charge in [-0.15, -0.1) is 0 Å². The topological polar surface area (TPSA) is 72.8 Å². The van der Waals surface area contributed by atoms with E-state index < -0.39 is 17.1 Å². The molecule has 0 aliphatic heterocycles. The minimum Gasteiger partial charge on any atom is -0.494 e. The van der Waals surface area contributed by atoms with Crippen molar-refractivity contribution in [3.05, 3.63) is 29.8 Å². The minimum absolute atomic E-state index is 0.213. The van der Waals surface area contributed by atoms with Crippen LogP contribution in [0.4, 0.5) is 0 Å². The Morgan fingerprint density at radius 1 is 1.15 bits per heavy atom. The van der Waals surface area contributed by atoms with Gasteiger partial charge in [0.05, 0.1) is 17.6 Å². The van der Waals surface area contributed by atoms with E-state index in [1.54, 1.807) is 31.2 Å². The van der Waals surface area contributed by atoms with Gasteiger partial charge < -0.3 is 14.6 Å². The molecular formula is C22H28O5. The van der Waals surface area contributed by atoms with E-state index in [0.29, 0.717) is 36.2 Å². The smallest absolute Gasteiger partial charge is 0.312 e. The number of ether oxygens (including phenoxy) is 2. The summed E-state index contributed by atoms with van der Waals surface area (Å²) in [6.07, 6.45) is 3.94. The Hall–Kier alpha value is -1.88. The lowest BCUT2D eigenvalue weighted by Gasteiger charge is -2.58. The summed E-state index contributed by atoms with van der Waals surface area (Å²) in [5.41, 5.74) is -0.819. The average molecular weight is 372 g/mol. The highest BCUT2D eigenvalue weighted by molar-refractivity contribution is 6.00. The maximum absolute atomic E-state index is 13.0. The highest BCUT2D eigenvalue weighted by Crippen LogP contribution is 2.62. The second kappa shape index (κ2) is 6.62. The number of hydrogen-bond acceptors (Lipinski definition) is 5. The van der Waals surface area contributed by atoms with Crippen LogP contribution >= 0.6 is 0 Å². The Balaban J connectivity index is 1.44. The molecule has 146 valence electrons. The lowest BCUT2D eigenvalue weighted by molar-refractivity contribution is -0.197. The summed E-state index contributed by atoms with van der Waals surface area (Å²) in [5.74, 6) is 0.999. The van der Waals surface area contributed by atoms with Crippen molar-refractivity contribution in [3.63, 3.8) is 0 Å². The Morgan fingerprint density at radius 3 is 2.33 bits per heavy atom. The number of ketones is 1. The van der Waals surface area contributed by atoms with Gasteiger partial charge in [0.15, 0.2) is 6.10 Å². The van der Waals surface area contributed by atoms with E-state index in [-0.39, 0.29) is 11.8 Å². The number of carbonyl (C=O) groups excluding carboxylic acids is 2. The molecular weight excluding hydrogens is 344 g/mol. The van der Waals surface area contributed by atoms with Gasteiger partial charge in [-0.05, 0) is 88.5 Å². The molecule has 0 spiro atoms. The van der Waals surface area contributed by atoms with E-state index in [9.17, 15) is 14.7 Å². The van der Waals surface area contributed by atoms with E-state index in [4.69, 9.17) is 9.47 Å². The number of carbonyl (C=O) groups is 2. The zero-order chi connectivity index (χ0) is 19.2. The molecule has 0 aromatic heterocycles. The average Bonchev–Trinajstić information content (AvgIpc) is 2.60. The van der Waals surface area contributed by atoms with E-state index >= 15 is 0 Å². The molecule has 4 aliphatic carbocycles. The van der Waals surface area contributed by atoms with Crippen LogP contribution < -0.4 is 4.74 Å². The molecule has 0 saturated heterocycles. The van der Waals surface area contributed by atoms with E-state index in [2.05, 4.69) is 0 Å². The predicted molar refractivity (Wildman–Crippen MR) is 99.6 cm³/mol. The summed E-state index contributed by atoms with van der Waals surface area (Å²) in [6.45, 7) is 4.10. The molecule has 4 fully saturated rings. The van der Waals surface area contributed by atoms with Gasteiger partial charge in [0, 0.05) is 5.56 Å². The molecule has 1 aromatic carbocycles. The van der Waals surface area contributed by atoms with Crippen molar-refractivity contribution >= 4 is 11.8 Å². The molecule has 0 amide bonds. The van der Waals surface area contributed by atoms with Crippen LogP contribution in [0.1, 0.15) is 62.7 Å². The predicted octanol–water partition coefficient (Wildman–Crippen LogP) is 3.53. The van der Waals surface area contributed by atoms with Crippen molar-refractivity contribution in [3.8, 4) is 5.75 Å². The van der Waals surface area contributed by atoms with Crippen LogP contribution in [0.5, 0.6) is 5.75 Å². The maximum atomic E-state index is 13.0. The van der Waals surface area contributed by atoms with Crippen molar-refractivity contribution in [2.24, 2.45) is 17.3 Å². The van der Waals surface area contributed by atoms with Gasteiger partial charge in [0.25, 0.3) is 0 Å². The van der Waals surface area contributed by atoms with Gasteiger partial charge in [-0.25, -0.2) is 0 Å². The SMILES string of the molecule is CCOc1ccc(C(=O)[C@H](C)OC(=O)C23C[C@H]4C[C@@H](CC(O)(C4)C2)C3)cc1. The Morgan fingerprint density at radius 2 is 1.78 bits per heavy atom. The van der Waals surface area contributed by atoms with Crippen molar-refractivity contribution in [1.82, 2.24) is 0 Å². The molecule has 1 N–H and O–H groups in total. The third kappa shape index (κ3) is 3.38. The summed E-state index contributed by atoms with van der Waals surface area (Å²) < 4.78 is 11.0. The fourth-order valence-corrected chi connectivity index (χ4v) is 5.91. The second-order valence-corrected chi connectivity index (χ2v) is 8.83. The van der Waals surface area contributed by atoms with Gasteiger partial charge >= 0.3 is 5.97 Å². The van der Waals surface area contributed by atoms with Crippen LogP contribution in [-0.2, 0) is 9.53 Å². The van der Waals surface area contributed by atoms with Crippen LogP contribution in [-0.4, -0.2) is 35.2 Å². The van der Waals surface area contributed by atoms with Crippen LogP contribution in [0.15, 0.2) is 24.3 Å². The van der Waals surface area contributed by atoms with E-state index in [1.807, 2.05) is 6.92 Å². The molecule has 27 heavy (non-hydrogen) atoms. The third-order valence-electron chi connectivity index (χ3n) is 6.57. The zero-order valence-corrected chi connectivity index (χ0v) is 16.1. The Bertz CT molecular complexity index is 724. The number of benzene rings is 1. The second-order valence-electron chi connectivity index (χ2n) is 8.83. The van der Waals surface area contributed by atoms with Crippen molar-refractivity contribution in [2.45, 2.75) is 64.1 Å². The van der Waals surface area contributed by atoms with Gasteiger partial charge in [-0.1, -0.05) is 0 Å². The van der Waals surface area contributed by atoms with Crippen molar-refractivity contribution in [1.29, 1.82) is 0 Å². The van der Waals surface area contributed by atoms with E-state index in [1.165, 1.54) is 0 Å². The zero-order valence-electron chi connectivity index (χ0n) is 16.1. The monoisotopic (exact) mass is 372 g/mol. The largest absolute Gasteiger partial charge is 0.494 e. The highest BCUT2D eigenvalue weighted by Gasteiger charge is 2.61. The normalized spacial score (nSPS) is 34.9. The molecule has 0 unspecified atom stereocenters. The lowest BCUT2D eigenvalue weighted by atomic mass is 9.48. The van der Waals surface area contributed by atoms with E-state index in [0.717, 1.165) is 32.1 Å². The highest BCUT2D eigenvalue weighted by atomic mass is 16.5. The number of Topliss-reactive ketones (excluding diaryl/α,β-unsaturated/α-hetero) is 1. The molecule has 5 heteroatoms. The fourth-order valence-electron chi connectivity index (χ4n) is 5.91. The fraction of sp³-hybridized carbons (Fsp3) is 0.636. The van der Waals surface area contributed by atoms with Gasteiger partial charge in [-0.2, -0.15) is 0 Å². The number of aliphatic hydroxyl groups is 1. The van der Waals surface area contributed by atoms with Crippen molar-refractivity contribution < 1.29 is 24.2 Å². The minimum atomic E-state index is -0.835. The van der Waals surface area contributed by atoms with Gasteiger partial charge in [0.2, 0.25) is 5.78 Å². The molecule has 4 saturated carbocycles. The first-order valence-corrected chi connectivity index (χ1v) is 10.0. The van der Waals surface area contributed by atoms with Gasteiger partial charge in [-0.3, -0.25) is 9.59 Å². The lowest BCUT2D eigenvalue weighted by Crippen LogP contribution is -2.58. The molecule has 3 atom stereocenters. The third-order valence-corrected chi connectivity index (χ3v) is 6.57. The van der Waals surface area contributed by atoms with Gasteiger partial charge in [0.1, 0.15) is 5.75 Å². The first-order valence-electron chi connectivity index (χ1n) is 10.0. The summed E-state index contributed by atoms with van der Waals surface area (Å²) >= 11 is 0. The number of hydrogen-bond donors (Lipinski definition) is 1. The van der Waals surface area contributed by atoms with Crippen molar-refractivity contribution in [2.75, 3.05) is 6.61 Å². The first kappa shape index (κ1) is 18.5. The molecule has 1 aromatic rings. The van der Waals surface area contributed by atoms with Crippen LogP contribution in [0.25, 0.3) is 0 Å². The molecule has 5 nitrogen and oxygen atoms in total. The maximum Gasteiger partial charge on any atom is 0.312 e. The Labute approximate surface area is 160 Å². The Kier molecular flexibility index (Phi) is 4.53. The molecule has 5 rings (SSSR count). The van der Waals surface area contributed by atoms with Crippen LogP contribution in [0.3, 0.4) is 0 Å². The van der Waals surface area contributed by atoms with Crippen LogP contribution in [0, 0.1) is 17.3 Å². The summed E-state index contributed by atoms with van der Waals surface area (Å²) in [4.78, 5) is 25.7. The number of rotatable bonds is 6. The molecule has 0 heterocycles. The molecule has 4 bridgehead atoms. The van der Waals surface area contributed by atoms with Crippen LogP contribution in [0.2, 0.25) is 0 Å². The molecule has 0 radical (unpaired) electrons. The summed E-state index contributed by atoms with van der Waals surface area (Å²) in [6, 6.07) is 6.90.